The lowest BCUT2D eigenvalue weighted by atomic mass is 9.82. The molecule has 0 spiro atoms. The highest BCUT2D eigenvalue weighted by molar-refractivity contribution is 6.07. The third-order valence-electron chi connectivity index (χ3n) is 7.27. The zero-order chi connectivity index (χ0) is 27.0. The van der Waals surface area contributed by atoms with Gasteiger partial charge in [0.25, 0.3) is 5.91 Å². The van der Waals surface area contributed by atoms with Crippen LogP contribution in [0.4, 0.5) is 0 Å². The van der Waals surface area contributed by atoms with Crippen molar-refractivity contribution in [1.29, 1.82) is 0 Å². The molecule has 1 aromatic carbocycles. The summed E-state index contributed by atoms with van der Waals surface area (Å²) in [6.45, 7) is 11.6. The first kappa shape index (κ1) is 29.1. The SMILES string of the molecule is CCCC(C)C(NC(=O)C(NC(=O)/C=C1\c2ccccc2C(=O)NC1C(C)CC)C(C)CC)C(=O)O. The molecule has 8 heteroatoms. The maximum Gasteiger partial charge on any atom is 0.326 e. The van der Waals surface area contributed by atoms with E-state index in [2.05, 4.69) is 16.0 Å². The van der Waals surface area contributed by atoms with Crippen molar-refractivity contribution < 1.29 is 24.3 Å². The Hall–Kier alpha value is -3.16. The molecule has 0 saturated heterocycles. The normalized spacial score (nSPS) is 20.3. The fourth-order valence-electron chi connectivity index (χ4n) is 4.60. The molecule has 0 radical (unpaired) electrons. The van der Waals surface area contributed by atoms with Gasteiger partial charge in [-0.1, -0.05) is 79.0 Å². The topological polar surface area (TPSA) is 125 Å². The molecule has 36 heavy (non-hydrogen) atoms. The van der Waals surface area contributed by atoms with Gasteiger partial charge in [0.05, 0.1) is 6.04 Å². The number of hydrogen-bond acceptors (Lipinski definition) is 4. The average Bonchev–Trinajstić information content (AvgIpc) is 2.86. The summed E-state index contributed by atoms with van der Waals surface area (Å²) >= 11 is 0. The first-order valence-corrected chi connectivity index (χ1v) is 13.0. The van der Waals surface area contributed by atoms with Crippen LogP contribution in [0.3, 0.4) is 0 Å². The van der Waals surface area contributed by atoms with Gasteiger partial charge in [-0.2, -0.15) is 0 Å². The molecular weight excluding hydrogens is 458 g/mol. The standard InChI is InChI=1S/C28H41N3O5/c1-7-12-18(6)25(28(35)36)31-27(34)24(17(5)9-3)29-22(32)15-21-19-13-10-11-14-20(19)26(33)30-23(21)16(4)8-2/h10-11,13-18,23-25H,7-9,12H2,1-6H3,(H,29,32)(H,30,33)(H,31,34)(H,35,36)/b21-15+. The molecule has 0 fully saturated rings. The summed E-state index contributed by atoms with van der Waals surface area (Å²) in [4.78, 5) is 50.9. The van der Waals surface area contributed by atoms with Crippen LogP contribution >= 0.6 is 0 Å². The van der Waals surface area contributed by atoms with Crippen LogP contribution < -0.4 is 16.0 Å². The van der Waals surface area contributed by atoms with Crippen molar-refractivity contribution >= 4 is 29.3 Å². The highest BCUT2D eigenvalue weighted by atomic mass is 16.4. The van der Waals surface area contributed by atoms with Crippen molar-refractivity contribution in [2.45, 2.75) is 85.4 Å². The number of amides is 3. The van der Waals surface area contributed by atoms with Crippen molar-refractivity contribution in [3.63, 3.8) is 0 Å². The van der Waals surface area contributed by atoms with Gasteiger partial charge in [-0.05, 0) is 41.4 Å². The van der Waals surface area contributed by atoms with Crippen LogP contribution in [0.2, 0.25) is 0 Å². The van der Waals surface area contributed by atoms with E-state index < -0.39 is 29.9 Å². The lowest BCUT2D eigenvalue weighted by molar-refractivity contribution is -0.144. The van der Waals surface area contributed by atoms with Crippen LogP contribution in [-0.4, -0.2) is 46.9 Å². The molecule has 3 amide bonds. The Morgan fingerprint density at radius 2 is 1.61 bits per heavy atom. The second kappa shape index (κ2) is 13.2. The summed E-state index contributed by atoms with van der Waals surface area (Å²) in [5, 5.41) is 18.2. The highest BCUT2D eigenvalue weighted by Gasteiger charge is 2.34. The molecule has 2 rings (SSSR count). The number of aliphatic carboxylic acids is 1. The van der Waals surface area contributed by atoms with E-state index in [1.165, 1.54) is 6.08 Å². The predicted molar refractivity (Wildman–Crippen MR) is 140 cm³/mol. The van der Waals surface area contributed by atoms with Gasteiger partial charge in [-0.25, -0.2) is 4.79 Å². The first-order valence-electron chi connectivity index (χ1n) is 13.0. The van der Waals surface area contributed by atoms with E-state index in [4.69, 9.17) is 0 Å². The average molecular weight is 500 g/mol. The quantitative estimate of drug-likeness (QED) is 0.326. The number of fused-ring (bicyclic) bond motifs is 1. The van der Waals surface area contributed by atoms with Gasteiger partial charge in [-0.15, -0.1) is 0 Å². The maximum absolute atomic E-state index is 13.3. The van der Waals surface area contributed by atoms with Crippen LogP contribution in [0.5, 0.6) is 0 Å². The number of carbonyl (C=O) groups excluding carboxylic acids is 3. The molecule has 198 valence electrons. The molecule has 1 aromatic rings. The Morgan fingerprint density at radius 1 is 0.972 bits per heavy atom. The fraction of sp³-hybridized carbons (Fsp3) is 0.571. The molecule has 1 aliphatic heterocycles. The largest absolute Gasteiger partial charge is 0.480 e. The molecule has 0 bridgehead atoms. The molecule has 4 N–H and O–H groups in total. The van der Waals surface area contributed by atoms with Crippen LogP contribution in [0.1, 0.15) is 83.1 Å². The van der Waals surface area contributed by atoms with Gasteiger partial charge < -0.3 is 21.1 Å². The summed E-state index contributed by atoms with van der Waals surface area (Å²) < 4.78 is 0. The van der Waals surface area contributed by atoms with Crippen LogP contribution in [0.25, 0.3) is 5.57 Å². The number of benzene rings is 1. The molecule has 0 aromatic heterocycles. The van der Waals surface area contributed by atoms with Gasteiger partial charge in [0.2, 0.25) is 11.8 Å². The molecule has 6 unspecified atom stereocenters. The van der Waals surface area contributed by atoms with E-state index in [9.17, 15) is 24.3 Å². The van der Waals surface area contributed by atoms with E-state index in [1.807, 2.05) is 46.8 Å². The Labute approximate surface area is 214 Å². The minimum Gasteiger partial charge on any atom is -0.480 e. The van der Waals surface area contributed by atoms with Crippen molar-refractivity contribution in [3.05, 3.63) is 41.5 Å². The Kier molecular flexibility index (Phi) is 10.7. The second-order valence-electron chi connectivity index (χ2n) is 9.94. The van der Waals surface area contributed by atoms with E-state index in [0.29, 0.717) is 29.5 Å². The summed E-state index contributed by atoms with van der Waals surface area (Å²) in [6, 6.07) is 4.89. The van der Waals surface area contributed by atoms with E-state index in [-0.39, 0.29) is 29.7 Å². The van der Waals surface area contributed by atoms with Crippen molar-refractivity contribution in [2.24, 2.45) is 17.8 Å². The molecule has 0 aliphatic carbocycles. The Bertz CT molecular complexity index is 989. The smallest absolute Gasteiger partial charge is 0.326 e. The molecule has 1 heterocycles. The maximum atomic E-state index is 13.3. The predicted octanol–water partition coefficient (Wildman–Crippen LogP) is 3.76. The monoisotopic (exact) mass is 499 g/mol. The lowest BCUT2D eigenvalue weighted by Gasteiger charge is -2.33. The summed E-state index contributed by atoms with van der Waals surface area (Å²) in [5.74, 6) is -2.61. The number of hydrogen-bond donors (Lipinski definition) is 4. The third-order valence-corrected chi connectivity index (χ3v) is 7.27. The van der Waals surface area contributed by atoms with Crippen LogP contribution in [0.15, 0.2) is 30.3 Å². The zero-order valence-corrected chi connectivity index (χ0v) is 22.3. The molecule has 8 nitrogen and oxygen atoms in total. The molecule has 0 saturated carbocycles. The summed E-state index contributed by atoms with van der Waals surface area (Å²) in [5.41, 5.74) is 1.90. The first-order chi connectivity index (χ1) is 17.0. The van der Waals surface area contributed by atoms with E-state index >= 15 is 0 Å². The Morgan fingerprint density at radius 3 is 2.17 bits per heavy atom. The fourth-order valence-corrected chi connectivity index (χ4v) is 4.60. The number of carboxylic acid groups (broad SMARTS) is 1. The van der Waals surface area contributed by atoms with Crippen LogP contribution in [0, 0.1) is 17.8 Å². The van der Waals surface area contributed by atoms with Crippen molar-refractivity contribution in [2.75, 3.05) is 0 Å². The number of carboxylic acids is 1. The molecule has 1 aliphatic rings. The zero-order valence-electron chi connectivity index (χ0n) is 22.3. The van der Waals surface area contributed by atoms with Crippen molar-refractivity contribution in [3.8, 4) is 0 Å². The van der Waals surface area contributed by atoms with Crippen LogP contribution in [-0.2, 0) is 14.4 Å². The number of carbonyl (C=O) groups is 4. The van der Waals surface area contributed by atoms with Gasteiger partial charge in [0.15, 0.2) is 0 Å². The molecular formula is C28H41N3O5. The van der Waals surface area contributed by atoms with Gasteiger partial charge in [-0.3, -0.25) is 14.4 Å². The van der Waals surface area contributed by atoms with Gasteiger partial charge >= 0.3 is 5.97 Å². The minimum atomic E-state index is -1.09. The Balaban J connectivity index is 2.36. The van der Waals surface area contributed by atoms with E-state index in [1.54, 1.807) is 19.1 Å². The van der Waals surface area contributed by atoms with Gasteiger partial charge in [0, 0.05) is 11.6 Å². The summed E-state index contributed by atoms with van der Waals surface area (Å²) in [7, 11) is 0. The number of rotatable bonds is 12. The van der Waals surface area contributed by atoms with Gasteiger partial charge in [0.1, 0.15) is 12.1 Å². The van der Waals surface area contributed by atoms with Crippen molar-refractivity contribution in [1.82, 2.24) is 16.0 Å². The highest BCUT2D eigenvalue weighted by Crippen LogP contribution is 2.31. The summed E-state index contributed by atoms with van der Waals surface area (Å²) in [6.07, 6.45) is 4.34. The lowest BCUT2D eigenvalue weighted by Crippen LogP contribution is -2.55. The third kappa shape index (κ3) is 6.95. The molecule has 6 atom stereocenters. The van der Waals surface area contributed by atoms with E-state index in [0.717, 1.165) is 12.8 Å². The minimum absolute atomic E-state index is 0.0893. The second-order valence-corrected chi connectivity index (χ2v) is 9.94. The number of nitrogens with one attached hydrogen (secondary N) is 3.